The number of carbonyl (C=O) groups excluding carboxylic acids is 2. The van der Waals surface area contributed by atoms with Gasteiger partial charge >= 0.3 is 0 Å². The molecule has 1 saturated heterocycles. The van der Waals surface area contributed by atoms with Gasteiger partial charge < -0.3 is 9.30 Å². The van der Waals surface area contributed by atoms with Gasteiger partial charge in [-0.15, -0.1) is 0 Å². The predicted molar refractivity (Wildman–Crippen MR) is 126 cm³/mol. The standard InChI is InChI=1S/C24H21N3O5S/c1-15-12-18(16(2)26(15)19-8-10-21(32-3)11-9-19)13-22-23(28)25(24(29)33-22)14-17-4-6-20(7-5-17)27(30)31/h4-13H,14H2,1-3H3/b22-13-. The number of nitrogens with zero attached hydrogens (tertiary/aromatic N) is 3. The van der Waals surface area contributed by atoms with Crippen LogP contribution in [0.3, 0.4) is 0 Å². The fourth-order valence-corrected chi connectivity index (χ4v) is 4.57. The third-order valence-corrected chi connectivity index (χ3v) is 6.36. The van der Waals surface area contributed by atoms with Gasteiger partial charge in [-0.2, -0.15) is 0 Å². The zero-order chi connectivity index (χ0) is 23.7. The Morgan fingerprint density at radius 2 is 1.73 bits per heavy atom. The van der Waals surface area contributed by atoms with E-state index in [4.69, 9.17) is 4.74 Å². The predicted octanol–water partition coefficient (Wildman–Crippen LogP) is 5.25. The fraction of sp³-hybridized carbons (Fsp3) is 0.167. The second-order valence-corrected chi connectivity index (χ2v) is 8.54. The molecule has 33 heavy (non-hydrogen) atoms. The lowest BCUT2D eigenvalue weighted by atomic mass is 10.2. The summed E-state index contributed by atoms with van der Waals surface area (Å²) in [6.07, 6.45) is 1.74. The summed E-state index contributed by atoms with van der Waals surface area (Å²) in [7, 11) is 1.62. The number of carbonyl (C=O) groups is 2. The fourth-order valence-electron chi connectivity index (χ4n) is 3.75. The molecule has 1 aromatic heterocycles. The van der Waals surface area contributed by atoms with Crippen LogP contribution in [-0.4, -0.2) is 32.6 Å². The van der Waals surface area contributed by atoms with Gasteiger partial charge in [-0.05, 0) is 73.1 Å². The molecule has 2 amide bonds. The van der Waals surface area contributed by atoms with Crippen molar-refractivity contribution in [3.63, 3.8) is 0 Å². The minimum atomic E-state index is -0.491. The lowest BCUT2D eigenvalue weighted by Gasteiger charge is -2.12. The number of benzene rings is 2. The summed E-state index contributed by atoms with van der Waals surface area (Å²) < 4.78 is 7.30. The largest absolute Gasteiger partial charge is 0.497 e. The Labute approximate surface area is 194 Å². The molecular weight excluding hydrogens is 442 g/mol. The average Bonchev–Trinajstić information content (AvgIpc) is 3.23. The maximum atomic E-state index is 12.9. The molecule has 9 heteroatoms. The van der Waals surface area contributed by atoms with Gasteiger partial charge in [-0.3, -0.25) is 24.6 Å². The van der Waals surface area contributed by atoms with E-state index in [1.165, 1.54) is 12.1 Å². The number of nitro groups is 1. The molecule has 0 radical (unpaired) electrons. The minimum absolute atomic E-state index is 0.0417. The number of imide groups is 1. The molecule has 3 aromatic rings. The summed E-state index contributed by atoms with van der Waals surface area (Å²) in [6, 6.07) is 15.5. The molecule has 0 spiro atoms. The van der Waals surface area contributed by atoms with Gasteiger partial charge in [0, 0.05) is 29.2 Å². The van der Waals surface area contributed by atoms with E-state index < -0.39 is 4.92 Å². The number of hydrogen-bond donors (Lipinski definition) is 0. The number of nitro benzene ring substituents is 1. The van der Waals surface area contributed by atoms with Crippen LogP contribution in [0.1, 0.15) is 22.5 Å². The Balaban J connectivity index is 1.57. The average molecular weight is 464 g/mol. The molecule has 2 heterocycles. The van der Waals surface area contributed by atoms with E-state index in [2.05, 4.69) is 4.57 Å². The van der Waals surface area contributed by atoms with Gasteiger partial charge in [0.25, 0.3) is 16.8 Å². The van der Waals surface area contributed by atoms with Gasteiger partial charge in [0.05, 0.1) is 23.5 Å². The van der Waals surface area contributed by atoms with E-state index in [1.54, 1.807) is 25.3 Å². The van der Waals surface area contributed by atoms with E-state index in [0.29, 0.717) is 10.5 Å². The normalized spacial score (nSPS) is 14.9. The topological polar surface area (TPSA) is 94.7 Å². The Bertz CT molecular complexity index is 1280. The zero-order valence-electron chi connectivity index (χ0n) is 18.3. The van der Waals surface area contributed by atoms with E-state index in [1.807, 2.05) is 44.2 Å². The third-order valence-electron chi connectivity index (χ3n) is 5.45. The molecule has 0 aliphatic carbocycles. The summed E-state index contributed by atoms with van der Waals surface area (Å²) in [5.74, 6) is 0.390. The summed E-state index contributed by atoms with van der Waals surface area (Å²) >= 11 is 0.893. The second kappa shape index (κ2) is 8.95. The van der Waals surface area contributed by atoms with Crippen LogP contribution in [0.2, 0.25) is 0 Å². The molecule has 2 aromatic carbocycles. The SMILES string of the molecule is COc1ccc(-n2c(C)cc(/C=C3\SC(=O)N(Cc4ccc([N+](=O)[O-])cc4)C3=O)c2C)cc1. The van der Waals surface area contributed by atoms with Gasteiger partial charge in [0.15, 0.2) is 0 Å². The Morgan fingerprint density at radius 3 is 2.33 bits per heavy atom. The molecule has 0 N–H and O–H groups in total. The number of non-ortho nitro benzene ring substituents is 1. The van der Waals surface area contributed by atoms with Gasteiger partial charge in [0.1, 0.15) is 5.75 Å². The first-order valence-electron chi connectivity index (χ1n) is 10.1. The summed E-state index contributed by atoms with van der Waals surface area (Å²) in [6.45, 7) is 4.00. The van der Waals surface area contributed by atoms with Crippen molar-refractivity contribution >= 4 is 34.7 Å². The van der Waals surface area contributed by atoms with Crippen molar-refractivity contribution < 1.29 is 19.2 Å². The van der Waals surface area contributed by atoms with Crippen LogP contribution in [-0.2, 0) is 11.3 Å². The monoisotopic (exact) mass is 463 g/mol. The molecule has 1 fully saturated rings. The highest BCUT2D eigenvalue weighted by Gasteiger charge is 2.35. The van der Waals surface area contributed by atoms with E-state index in [0.717, 1.165) is 45.1 Å². The quantitative estimate of drug-likeness (QED) is 0.282. The van der Waals surface area contributed by atoms with E-state index >= 15 is 0 Å². The zero-order valence-corrected chi connectivity index (χ0v) is 19.1. The first kappa shape index (κ1) is 22.3. The first-order chi connectivity index (χ1) is 15.8. The van der Waals surface area contributed by atoms with Crippen molar-refractivity contribution in [3.8, 4) is 11.4 Å². The highest BCUT2D eigenvalue weighted by Crippen LogP contribution is 2.35. The maximum absolute atomic E-state index is 12.9. The maximum Gasteiger partial charge on any atom is 0.293 e. The minimum Gasteiger partial charge on any atom is -0.497 e. The molecule has 0 atom stereocenters. The van der Waals surface area contributed by atoms with Gasteiger partial charge in [0.2, 0.25) is 0 Å². The van der Waals surface area contributed by atoms with E-state index in [9.17, 15) is 19.7 Å². The first-order valence-corrected chi connectivity index (χ1v) is 10.9. The molecule has 0 unspecified atom stereocenters. The van der Waals surface area contributed by atoms with Crippen LogP contribution in [0.25, 0.3) is 11.8 Å². The van der Waals surface area contributed by atoms with Crippen LogP contribution in [0.15, 0.2) is 59.5 Å². The van der Waals surface area contributed by atoms with Crippen molar-refractivity contribution in [2.75, 3.05) is 7.11 Å². The number of ether oxygens (including phenoxy) is 1. The smallest absolute Gasteiger partial charge is 0.293 e. The van der Waals surface area contributed by atoms with Crippen molar-refractivity contribution in [1.82, 2.24) is 9.47 Å². The highest BCUT2D eigenvalue weighted by atomic mass is 32.2. The molecule has 1 aliphatic rings. The molecule has 0 saturated carbocycles. The molecule has 8 nitrogen and oxygen atoms in total. The number of methoxy groups -OCH3 is 1. The molecule has 0 bridgehead atoms. The van der Waals surface area contributed by atoms with E-state index in [-0.39, 0.29) is 23.4 Å². The van der Waals surface area contributed by atoms with Crippen LogP contribution >= 0.6 is 11.8 Å². The number of aromatic nitrogens is 1. The lowest BCUT2D eigenvalue weighted by Crippen LogP contribution is -2.27. The van der Waals surface area contributed by atoms with Crippen LogP contribution in [0.5, 0.6) is 5.75 Å². The molecule has 4 rings (SSSR count). The number of rotatable bonds is 6. The summed E-state index contributed by atoms with van der Waals surface area (Å²) in [5.41, 5.74) is 4.36. The second-order valence-electron chi connectivity index (χ2n) is 7.55. The summed E-state index contributed by atoms with van der Waals surface area (Å²) in [4.78, 5) is 37.3. The molecule has 168 valence electrons. The van der Waals surface area contributed by atoms with Crippen molar-refractivity contribution in [2.24, 2.45) is 0 Å². The van der Waals surface area contributed by atoms with Crippen molar-refractivity contribution in [3.05, 3.63) is 92.1 Å². The molecular formula is C24H21N3O5S. The lowest BCUT2D eigenvalue weighted by molar-refractivity contribution is -0.384. The van der Waals surface area contributed by atoms with Crippen molar-refractivity contribution in [1.29, 1.82) is 0 Å². The number of hydrogen-bond acceptors (Lipinski definition) is 6. The Morgan fingerprint density at radius 1 is 1.06 bits per heavy atom. The molecule has 1 aliphatic heterocycles. The van der Waals surface area contributed by atoms with Crippen LogP contribution in [0, 0.1) is 24.0 Å². The van der Waals surface area contributed by atoms with Crippen LogP contribution in [0.4, 0.5) is 10.5 Å². The Hall–Kier alpha value is -3.85. The van der Waals surface area contributed by atoms with Crippen molar-refractivity contribution in [2.45, 2.75) is 20.4 Å². The highest BCUT2D eigenvalue weighted by molar-refractivity contribution is 8.18. The van der Waals surface area contributed by atoms with Crippen LogP contribution < -0.4 is 4.74 Å². The Kier molecular flexibility index (Phi) is 6.06. The summed E-state index contributed by atoms with van der Waals surface area (Å²) in [5, 5.41) is 10.5. The third kappa shape index (κ3) is 4.40. The number of amides is 2. The van der Waals surface area contributed by atoms with Gasteiger partial charge in [-0.1, -0.05) is 12.1 Å². The number of thioether (sulfide) groups is 1. The number of aryl methyl sites for hydroxylation is 1. The van der Waals surface area contributed by atoms with Gasteiger partial charge in [-0.25, -0.2) is 0 Å².